The van der Waals surface area contributed by atoms with E-state index in [4.69, 9.17) is 0 Å². The van der Waals surface area contributed by atoms with E-state index < -0.39 is 0 Å². The molecule has 0 atom stereocenters. The number of ketones is 1. The summed E-state index contributed by atoms with van der Waals surface area (Å²) in [6.45, 7) is 3.37. The van der Waals surface area contributed by atoms with Crippen LogP contribution < -0.4 is 0 Å². The molecule has 0 saturated carbocycles. The van der Waals surface area contributed by atoms with Gasteiger partial charge in [0.25, 0.3) is 0 Å². The van der Waals surface area contributed by atoms with Gasteiger partial charge in [-0.05, 0) is 0 Å². The quantitative estimate of drug-likeness (QED) is 0.643. The molecule has 0 rings (SSSR count). The van der Waals surface area contributed by atoms with Crippen molar-refractivity contribution in [1.29, 1.82) is 0 Å². The number of hydrogen-bond donors (Lipinski definition) is 0. The molecule has 0 aromatic heterocycles. The largest absolute Gasteiger partial charge is 0.458 e. The van der Waals surface area contributed by atoms with Gasteiger partial charge in [0.2, 0.25) is 0 Å². The summed E-state index contributed by atoms with van der Waals surface area (Å²) in [6, 6.07) is 0. The molecule has 0 aromatic carbocycles. The summed E-state index contributed by atoms with van der Waals surface area (Å²) in [5, 5.41) is 0. The Morgan fingerprint density at radius 1 is 1.00 bits per heavy atom. The minimum Gasteiger partial charge on any atom is -0.458 e. The summed E-state index contributed by atoms with van der Waals surface area (Å²) in [4.78, 5) is 21.0. The third-order valence-electron chi connectivity index (χ3n) is 1.08. The van der Waals surface area contributed by atoms with Crippen LogP contribution in [0, 0.1) is 0 Å². The van der Waals surface area contributed by atoms with Gasteiger partial charge in [-0.3, -0.25) is 9.59 Å². The van der Waals surface area contributed by atoms with Gasteiger partial charge >= 0.3 is 5.97 Å². The molecule has 0 bridgehead atoms. The first kappa shape index (κ1) is 22.7. The number of rotatable bonds is 4. The van der Waals surface area contributed by atoms with E-state index in [0.717, 1.165) is 0 Å². The van der Waals surface area contributed by atoms with Crippen LogP contribution in [0.15, 0.2) is 0 Å². The molecule has 3 nitrogen and oxygen atoms in total. The number of esters is 1. The lowest BCUT2D eigenvalue weighted by Gasteiger charge is -1.98. The molecule has 0 unspecified atom stereocenters. The lowest BCUT2D eigenvalue weighted by atomic mass is 10.3. The molecule has 0 spiro atoms. The number of carbonyl (C=O) groups excluding carboxylic acids is 2. The van der Waals surface area contributed by atoms with E-state index in [1.54, 1.807) is 13.8 Å². The molecule has 82 valence electrons. The average molecular weight is 192 g/mol. The van der Waals surface area contributed by atoms with Gasteiger partial charge in [-0.2, -0.15) is 0 Å². The lowest BCUT2D eigenvalue weighted by Crippen LogP contribution is -2.11. The molecular formula is C10H24O3. The molecule has 0 aromatic rings. The van der Waals surface area contributed by atoms with Crippen molar-refractivity contribution in [2.75, 3.05) is 6.61 Å². The van der Waals surface area contributed by atoms with Crippen LogP contribution in [0.3, 0.4) is 0 Å². The van der Waals surface area contributed by atoms with Gasteiger partial charge in [0.1, 0.15) is 6.61 Å². The smallest absolute Gasteiger partial charge is 0.305 e. The zero-order valence-electron chi connectivity index (χ0n) is 6.35. The molecule has 0 fully saturated rings. The number of ether oxygens (including phenoxy) is 1. The van der Waals surface area contributed by atoms with Gasteiger partial charge in [0.05, 0.1) is 0 Å². The Hall–Kier alpha value is -0.860. The molecule has 0 radical (unpaired) electrons. The second-order valence-electron chi connectivity index (χ2n) is 1.91. The van der Waals surface area contributed by atoms with Gasteiger partial charge < -0.3 is 4.74 Å². The van der Waals surface area contributed by atoms with Crippen LogP contribution in [0.2, 0.25) is 0 Å². The van der Waals surface area contributed by atoms with Crippen LogP contribution in [0.4, 0.5) is 0 Å². The molecule has 3 heteroatoms. The van der Waals surface area contributed by atoms with Crippen molar-refractivity contribution in [3.63, 3.8) is 0 Å². The molecular weight excluding hydrogens is 168 g/mol. The monoisotopic (exact) mass is 192 g/mol. The SMILES string of the molecule is C.C.C.CCC(=O)COC(=O)CC. The Balaban J connectivity index is -0.000000135. The highest BCUT2D eigenvalue weighted by atomic mass is 16.5. The molecule has 0 heterocycles. The predicted octanol–water partition coefficient (Wildman–Crippen LogP) is 2.83. The zero-order valence-corrected chi connectivity index (χ0v) is 6.35. The first-order valence-corrected chi connectivity index (χ1v) is 3.38. The summed E-state index contributed by atoms with van der Waals surface area (Å²) in [6.07, 6.45) is 0.758. The van der Waals surface area contributed by atoms with Crippen LogP contribution in [0.5, 0.6) is 0 Å². The van der Waals surface area contributed by atoms with Crippen molar-refractivity contribution in [3.8, 4) is 0 Å². The summed E-state index contributed by atoms with van der Waals surface area (Å²) < 4.78 is 4.56. The van der Waals surface area contributed by atoms with Crippen molar-refractivity contribution < 1.29 is 14.3 Å². The number of carbonyl (C=O) groups is 2. The second kappa shape index (κ2) is 13.7. The Labute approximate surface area is 82.5 Å². The van der Waals surface area contributed by atoms with E-state index in [2.05, 4.69) is 4.74 Å². The second-order valence-corrected chi connectivity index (χ2v) is 1.91. The fourth-order valence-electron chi connectivity index (χ4n) is 0.365. The summed E-state index contributed by atoms with van der Waals surface area (Å²) >= 11 is 0. The predicted molar refractivity (Wildman–Crippen MR) is 56.7 cm³/mol. The van der Waals surface area contributed by atoms with Gasteiger partial charge in [-0.15, -0.1) is 0 Å². The molecule has 13 heavy (non-hydrogen) atoms. The van der Waals surface area contributed by atoms with Crippen LogP contribution in [-0.4, -0.2) is 18.4 Å². The van der Waals surface area contributed by atoms with Crippen LogP contribution in [-0.2, 0) is 14.3 Å². The van der Waals surface area contributed by atoms with Crippen molar-refractivity contribution in [2.45, 2.75) is 49.0 Å². The Kier molecular flexibility index (Phi) is 24.0. The van der Waals surface area contributed by atoms with Gasteiger partial charge in [0, 0.05) is 12.8 Å². The molecule has 0 saturated heterocycles. The highest BCUT2D eigenvalue weighted by molar-refractivity contribution is 5.81. The lowest BCUT2D eigenvalue weighted by molar-refractivity contribution is -0.147. The van der Waals surface area contributed by atoms with Crippen LogP contribution in [0.25, 0.3) is 0 Å². The maximum Gasteiger partial charge on any atom is 0.305 e. The van der Waals surface area contributed by atoms with Crippen molar-refractivity contribution in [2.24, 2.45) is 0 Å². The minimum absolute atomic E-state index is 0. The standard InChI is InChI=1S/C7H12O3.3CH4/c1-3-6(8)5-10-7(9)4-2;;;/h3-5H2,1-2H3;3*1H4. The van der Waals surface area contributed by atoms with Crippen molar-refractivity contribution in [3.05, 3.63) is 0 Å². The Morgan fingerprint density at radius 2 is 1.46 bits per heavy atom. The topological polar surface area (TPSA) is 43.4 Å². The number of hydrogen-bond acceptors (Lipinski definition) is 3. The van der Waals surface area contributed by atoms with E-state index in [1.165, 1.54) is 0 Å². The maximum absolute atomic E-state index is 10.6. The normalized spacial score (nSPS) is 6.92. The highest BCUT2D eigenvalue weighted by Gasteiger charge is 2.01. The van der Waals surface area contributed by atoms with Gasteiger partial charge in [-0.1, -0.05) is 36.1 Å². The Morgan fingerprint density at radius 3 is 1.77 bits per heavy atom. The molecule has 0 aliphatic heterocycles. The highest BCUT2D eigenvalue weighted by Crippen LogP contribution is 1.87. The molecule has 0 amide bonds. The van der Waals surface area contributed by atoms with E-state index >= 15 is 0 Å². The average Bonchev–Trinajstić information content (AvgIpc) is 1.99. The van der Waals surface area contributed by atoms with Crippen molar-refractivity contribution >= 4 is 11.8 Å². The number of Topliss-reactive ketones (excluding diaryl/α,β-unsaturated/α-hetero) is 1. The molecule has 0 aliphatic carbocycles. The maximum atomic E-state index is 10.6. The van der Waals surface area contributed by atoms with E-state index in [-0.39, 0.29) is 40.6 Å². The fourth-order valence-corrected chi connectivity index (χ4v) is 0.365. The minimum atomic E-state index is -0.318. The van der Waals surface area contributed by atoms with E-state index in [9.17, 15) is 9.59 Å². The first-order valence-electron chi connectivity index (χ1n) is 3.38. The van der Waals surface area contributed by atoms with Gasteiger partial charge in [0.15, 0.2) is 5.78 Å². The summed E-state index contributed by atoms with van der Waals surface area (Å²) in [7, 11) is 0. The van der Waals surface area contributed by atoms with E-state index in [0.29, 0.717) is 12.8 Å². The van der Waals surface area contributed by atoms with Crippen LogP contribution >= 0.6 is 0 Å². The van der Waals surface area contributed by atoms with E-state index in [1.807, 2.05) is 0 Å². The Bertz CT molecular complexity index is 114. The molecule has 0 N–H and O–H groups in total. The summed E-state index contributed by atoms with van der Waals surface area (Å²) in [5.74, 6) is -0.358. The van der Waals surface area contributed by atoms with Gasteiger partial charge in [-0.25, -0.2) is 0 Å². The summed E-state index contributed by atoms with van der Waals surface area (Å²) in [5.41, 5.74) is 0. The third kappa shape index (κ3) is 14.0. The molecule has 0 aliphatic rings. The zero-order chi connectivity index (χ0) is 7.98. The third-order valence-corrected chi connectivity index (χ3v) is 1.08. The fraction of sp³-hybridized carbons (Fsp3) is 0.800. The van der Waals surface area contributed by atoms with Crippen LogP contribution in [0.1, 0.15) is 49.0 Å². The van der Waals surface area contributed by atoms with Crippen molar-refractivity contribution in [1.82, 2.24) is 0 Å². The first-order chi connectivity index (χ1) is 4.70.